The molecule has 2 rings (SSSR count). The van der Waals surface area contributed by atoms with Gasteiger partial charge in [0.15, 0.2) is 11.3 Å². The lowest BCUT2D eigenvalue weighted by Gasteiger charge is -2.16. The van der Waals surface area contributed by atoms with Gasteiger partial charge >= 0.3 is 5.97 Å². The molecule has 0 aliphatic carbocycles. The van der Waals surface area contributed by atoms with Crippen molar-refractivity contribution in [3.05, 3.63) is 30.5 Å². The number of fused-ring (bicyclic) bond motifs is 1. The van der Waals surface area contributed by atoms with E-state index >= 15 is 0 Å². The third-order valence-electron chi connectivity index (χ3n) is 2.26. The summed E-state index contributed by atoms with van der Waals surface area (Å²) in [6, 6.07) is 7.32. The summed E-state index contributed by atoms with van der Waals surface area (Å²) in [6.45, 7) is 5.45. The molecule has 84 valence electrons. The Morgan fingerprint density at radius 1 is 1.25 bits per heavy atom. The minimum atomic E-state index is -0.519. The SMILES string of the molecule is CC(C)(C)C(=O)Oc1cccc2ccoc12. The first-order chi connectivity index (χ1) is 7.48. The lowest BCUT2D eigenvalue weighted by molar-refractivity contribution is -0.142. The molecule has 3 heteroatoms. The summed E-state index contributed by atoms with van der Waals surface area (Å²) in [4.78, 5) is 11.7. The second-order valence-electron chi connectivity index (χ2n) is 4.73. The van der Waals surface area contributed by atoms with Crippen LogP contribution in [-0.4, -0.2) is 5.97 Å². The van der Waals surface area contributed by atoms with Crippen molar-refractivity contribution in [2.75, 3.05) is 0 Å². The minimum Gasteiger partial charge on any atom is -0.460 e. The number of benzene rings is 1. The lowest BCUT2D eigenvalue weighted by atomic mass is 9.97. The second-order valence-corrected chi connectivity index (χ2v) is 4.73. The molecule has 0 fully saturated rings. The third kappa shape index (κ3) is 1.94. The van der Waals surface area contributed by atoms with Gasteiger partial charge in [0, 0.05) is 5.39 Å². The molecule has 0 aliphatic rings. The van der Waals surface area contributed by atoms with Crippen molar-refractivity contribution in [3.8, 4) is 5.75 Å². The van der Waals surface area contributed by atoms with Gasteiger partial charge in [0.1, 0.15) is 0 Å². The molecular weight excluding hydrogens is 204 g/mol. The molecular formula is C13H14O3. The second kappa shape index (κ2) is 3.67. The van der Waals surface area contributed by atoms with Crippen LogP contribution in [-0.2, 0) is 4.79 Å². The number of para-hydroxylation sites is 1. The molecule has 0 spiro atoms. The largest absolute Gasteiger partial charge is 0.460 e. The first kappa shape index (κ1) is 10.7. The average molecular weight is 218 g/mol. The van der Waals surface area contributed by atoms with Crippen LogP contribution in [0.5, 0.6) is 5.75 Å². The first-order valence-corrected chi connectivity index (χ1v) is 5.17. The van der Waals surface area contributed by atoms with Gasteiger partial charge in [0.2, 0.25) is 0 Å². The zero-order chi connectivity index (χ0) is 11.8. The van der Waals surface area contributed by atoms with E-state index in [-0.39, 0.29) is 5.97 Å². The summed E-state index contributed by atoms with van der Waals surface area (Å²) in [5, 5.41) is 0.930. The molecule has 0 bridgehead atoms. The van der Waals surface area contributed by atoms with Crippen LogP contribution in [0.3, 0.4) is 0 Å². The summed E-state index contributed by atoms with van der Waals surface area (Å²) in [7, 11) is 0. The molecule has 0 atom stereocenters. The monoisotopic (exact) mass is 218 g/mol. The lowest BCUT2D eigenvalue weighted by Crippen LogP contribution is -2.25. The minimum absolute atomic E-state index is 0.267. The van der Waals surface area contributed by atoms with E-state index in [0.29, 0.717) is 11.3 Å². The van der Waals surface area contributed by atoms with E-state index < -0.39 is 5.41 Å². The van der Waals surface area contributed by atoms with Gasteiger partial charge in [0.25, 0.3) is 0 Å². The Morgan fingerprint density at radius 3 is 2.69 bits per heavy atom. The standard InChI is InChI=1S/C13H14O3/c1-13(2,3)12(14)16-10-6-4-5-9-7-8-15-11(9)10/h4-8H,1-3H3. The zero-order valence-corrected chi connectivity index (χ0v) is 9.61. The molecule has 0 N–H and O–H groups in total. The Kier molecular flexibility index (Phi) is 2.46. The molecule has 0 aliphatic heterocycles. The van der Waals surface area contributed by atoms with Gasteiger partial charge in [-0.25, -0.2) is 0 Å². The van der Waals surface area contributed by atoms with Crippen molar-refractivity contribution in [2.45, 2.75) is 20.8 Å². The average Bonchev–Trinajstić information content (AvgIpc) is 2.65. The van der Waals surface area contributed by atoms with Crippen molar-refractivity contribution in [2.24, 2.45) is 5.41 Å². The highest BCUT2D eigenvalue weighted by molar-refractivity contribution is 5.87. The van der Waals surface area contributed by atoms with Crippen molar-refractivity contribution >= 4 is 16.9 Å². The van der Waals surface area contributed by atoms with E-state index in [2.05, 4.69) is 0 Å². The summed E-state index contributed by atoms with van der Waals surface area (Å²) < 4.78 is 10.6. The highest BCUT2D eigenvalue weighted by Crippen LogP contribution is 2.28. The van der Waals surface area contributed by atoms with Crippen LogP contribution < -0.4 is 4.74 Å². The van der Waals surface area contributed by atoms with Crippen molar-refractivity contribution < 1.29 is 13.9 Å². The topological polar surface area (TPSA) is 39.4 Å². The van der Waals surface area contributed by atoms with Crippen LogP contribution in [0.1, 0.15) is 20.8 Å². The predicted molar refractivity (Wildman–Crippen MR) is 61.3 cm³/mol. The summed E-state index contributed by atoms with van der Waals surface area (Å²) >= 11 is 0. The smallest absolute Gasteiger partial charge is 0.316 e. The van der Waals surface area contributed by atoms with Gasteiger partial charge < -0.3 is 9.15 Å². The Labute approximate surface area is 94.0 Å². The van der Waals surface area contributed by atoms with Gasteiger partial charge in [-0.15, -0.1) is 0 Å². The molecule has 0 radical (unpaired) electrons. The highest BCUT2D eigenvalue weighted by atomic mass is 16.5. The maximum Gasteiger partial charge on any atom is 0.316 e. The number of carbonyl (C=O) groups is 1. The Balaban J connectivity index is 2.35. The number of hydrogen-bond donors (Lipinski definition) is 0. The van der Waals surface area contributed by atoms with Crippen molar-refractivity contribution in [3.63, 3.8) is 0 Å². The van der Waals surface area contributed by atoms with Crippen LogP contribution in [0.2, 0.25) is 0 Å². The normalized spacial score (nSPS) is 11.7. The van der Waals surface area contributed by atoms with E-state index in [1.807, 2.05) is 39.0 Å². The van der Waals surface area contributed by atoms with Crippen LogP contribution in [0.25, 0.3) is 11.0 Å². The molecule has 1 aromatic carbocycles. The number of hydrogen-bond acceptors (Lipinski definition) is 3. The predicted octanol–water partition coefficient (Wildman–Crippen LogP) is 3.38. The fourth-order valence-electron chi connectivity index (χ4n) is 1.30. The van der Waals surface area contributed by atoms with Crippen LogP contribution in [0.15, 0.2) is 34.9 Å². The number of rotatable bonds is 1. The van der Waals surface area contributed by atoms with Gasteiger partial charge in [0.05, 0.1) is 11.7 Å². The Morgan fingerprint density at radius 2 is 2.00 bits per heavy atom. The summed E-state index contributed by atoms with van der Waals surface area (Å²) in [6.07, 6.45) is 1.58. The highest BCUT2D eigenvalue weighted by Gasteiger charge is 2.24. The maximum atomic E-state index is 11.7. The van der Waals surface area contributed by atoms with Gasteiger partial charge in [-0.1, -0.05) is 12.1 Å². The maximum absolute atomic E-state index is 11.7. The molecule has 1 heterocycles. The molecule has 0 saturated carbocycles. The number of carbonyl (C=O) groups excluding carboxylic acids is 1. The van der Waals surface area contributed by atoms with Gasteiger partial charge in [-0.05, 0) is 32.9 Å². The molecule has 1 aromatic heterocycles. The van der Waals surface area contributed by atoms with Crippen LogP contribution in [0, 0.1) is 5.41 Å². The zero-order valence-electron chi connectivity index (χ0n) is 9.61. The molecule has 0 amide bonds. The van der Waals surface area contributed by atoms with Gasteiger partial charge in [-0.3, -0.25) is 4.79 Å². The molecule has 16 heavy (non-hydrogen) atoms. The fraction of sp³-hybridized carbons (Fsp3) is 0.308. The summed E-state index contributed by atoms with van der Waals surface area (Å²) in [5.41, 5.74) is 0.0921. The summed E-state index contributed by atoms with van der Waals surface area (Å²) in [5.74, 6) is 0.207. The Bertz CT molecular complexity index is 517. The number of ether oxygens (including phenoxy) is 1. The van der Waals surface area contributed by atoms with E-state index in [1.54, 1.807) is 12.3 Å². The Hall–Kier alpha value is -1.77. The van der Waals surface area contributed by atoms with E-state index in [0.717, 1.165) is 5.39 Å². The van der Waals surface area contributed by atoms with E-state index in [1.165, 1.54) is 0 Å². The van der Waals surface area contributed by atoms with E-state index in [9.17, 15) is 4.79 Å². The number of esters is 1. The fourth-order valence-corrected chi connectivity index (χ4v) is 1.30. The first-order valence-electron chi connectivity index (χ1n) is 5.17. The van der Waals surface area contributed by atoms with Crippen molar-refractivity contribution in [1.82, 2.24) is 0 Å². The molecule has 2 aromatic rings. The van der Waals surface area contributed by atoms with Crippen LogP contribution >= 0.6 is 0 Å². The van der Waals surface area contributed by atoms with E-state index in [4.69, 9.17) is 9.15 Å². The van der Waals surface area contributed by atoms with Crippen LogP contribution in [0.4, 0.5) is 0 Å². The van der Waals surface area contributed by atoms with Crippen molar-refractivity contribution in [1.29, 1.82) is 0 Å². The van der Waals surface area contributed by atoms with Gasteiger partial charge in [-0.2, -0.15) is 0 Å². The number of furan rings is 1. The molecule has 0 unspecified atom stereocenters. The molecule has 3 nitrogen and oxygen atoms in total. The molecule has 0 saturated heterocycles. The quantitative estimate of drug-likeness (QED) is 0.544. The third-order valence-corrected chi connectivity index (χ3v) is 2.26.